The summed E-state index contributed by atoms with van der Waals surface area (Å²) in [4.78, 5) is 73.3. The second-order valence-corrected chi connectivity index (χ2v) is 33.5. The van der Waals surface area contributed by atoms with Gasteiger partial charge in [-0.15, -0.1) is 0 Å². The van der Waals surface area contributed by atoms with Crippen LogP contribution in [0.4, 0.5) is 0 Å². The number of hydrogen-bond acceptors (Lipinski definition) is 15. The van der Waals surface area contributed by atoms with Crippen LogP contribution >= 0.6 is 15.6 Å². The number of ether oxygens (including phenoxy) is 4. The summed E-state index contributed by atoms with van der Waals surface area (Å²) >= 11 is 0. The van der Waals surface area contributed by atoms with Crippen molar-refractivity contribution in [2.24, 2.45) is 0 Å². The van der Waals surface area contributed by atoms with Gasteiger partial charge in [0.05, 0.1) is 26.4 Å². The molecule has 0 heterocycles. The number of phosphoric acid groups is 2. The molecule has 0 aromatic carbocycles. The molecule has 0 spiro atoms. The lowest BCUT2D eigenvalue weighted by molar-refractivity contribution is -0.161. The Morgan fingerprint density at radius 1 is 0.264 bits per heavy atom. The van der Waals surface area contributed by atoms with Gasteiger partial charge in [0.2, 0.25) is 0 Å². The van der Waals surface area contributed by atoms with E-state index in [4.69, 9.17) is 37.0 Å². The van der Waals surface area contributed by atoms with Crippen molar-refractivity contribution in [3.63, 3.8) is 0 Å². The first-order chi connectivity index (χ1) is 51.7. The van der Waals surface area contributed by atoms with Crippen LogP contribution in [-0.2, 0) is 65.4 Å². The van der Waals surface area contributed by atoms with Crippen molar-refractivity contribution in [2.45, 2.75) is 470 Å². The third-order valence-electron chi connectivity index (χ3n) is 19.9. The zero-order valence-electron chi connectivity index (χ0n) is 68.9. The lowest BCUT2D eigenvalue weighted by Gasteiger charge is -2.21. The molecule has 106 heavy (non-hydrogen) atoms. The number of esters is 4. The van der Waals surface area contributed by atoms with Gasteiger partial charge < -0.3 is 33.8 Å². The van der Waals surface area contributed by atoms with Crippen molar-refractivity contribution >= 4 is 39.5 Å². The molecule has 0 saturated heterocycles. The van der Waals surface area contributed by atoms with E-state index in [1.807, 2.05) is 0 Å². The third-order valence-corrected chi connectivity index (χ3v) is 21.9. The van der Waals surface area contributed by atoms with Crippen molar-refractivity contribution < 1.29 is 80.2 Å². The highest BCUT2D eigenvalue weighted by Crippen LogP contribution is 2.45. The summed E-state index contributed by atoms with van der Waals surface area (Å²) in [5.74, 6) is -2.12. The zero-order valence-corrected chi connectivity index (χ0v) is 70.7. The minimum absolute atomic E-state index is 0.0879. The molecule has 17 nitrogen and oxygen atoms in total. The Balaban J connectivity index is 5.30. The fraction of sp³-hybridized carbons (Fsp3) is 0.908. The SMILES string of the molecule is CCCCC/C=C\C/C=C\CCCCCCCC(=O)O[C@H](COC(=O)CCCCCCCCCCCCCCCCCCC)COP(=O)(O)OC[C@H](O)COP(=O)(O)OC[C@@H](COC(=O)CCCCCCCCCCCCCCCCCCC)OC(=O)CCCCCCCCCCCCCCCCCCC. The molecule has 0 radical (unpaired) electrons. The van der Waals surface area contributed by atoms with Gasteiger partial charge in [-0.3, -0.25) is 37.3 Å². The number of carbonyl (C=O) groups excluding carboxylic acids is 4. The molecule has 19 heteroatoms. The fourth-order valence-corrected chi connectivity index (χ4v) is 14.7. The monoisotopic (exact) mass is 1550 g/mol. The maximum absolute atomic E-state index is 13.1. The van der Waals surface area contributed by atoms with Crippen LogP contribution in [0.2, 0.25) is 0 Å². The van der Waals surface area contributed by atoms with E-state index in [9.17, 15) is 43.2 Å². The molecule has 0 amide bonds. The minimum atomic E-state index is -4.97. The fourth-order valence-electron chi connectivity index (χ4n) is 13.1. The number of allylic oxidation sites excluding steroid dienone is 4. The van der Waals surface area contributed by atoms with Crippen LogP contribution in [0.25, 0.3) is 0 Å². The minimum Gasteiger partial charge on any atom is -0.462 e. The van der Waals surface area contributed by atoms with Crippen LogP contribution in [0.1, 0.15) is 451 Å². The number of rotatable bonds is 86. The van der Waals surface area contributed by atoms with Gasteiger partial charge in [0.1, 0.15) is 19.3 Å². The maximum atomic E-state index is 13.1. The van der Waals surface area contributed by atoms with Crippen LogP contribution in [-0.4, -0.2) is 96.7 Å². The highest BCUT2D eigenvalue weighted by atomic mass is 31.2. The molecular formula is C87H166O17P2. The van der Waals surface area contributed by atoms with Crippen molar-refractivity contribution in [3.05, 3.63) is 24.3 Å². The van der Waals surface area contributed by atoms with E-state index in [-0.39, 0.29) is 25.7 Å². The number of aliphatic hydroxyl groups excluding tert-OH is 1. The first kappa shape index (κ1) is 104. The van der Waals surface area contributed by atoms with Gasteiger partial charge in [-0.2, -0.15) is 0 Å². The first-order valence-corrected chi connectivity index (χ1v) is 47.6. The molecule has 2 unspecified atom stereocenters. The van der Waals surface area contributed by atoms with Crippen molar-refractivity contribution in [2.75, 3.05) is 39.6 Å². The molecule has 0 aliphatic rings. The molecule has 626 valence electrons. The normalized spacial score (nSPS) is 13.8. The third kappa shape index (κ3) is 79.6. The van der Waals surface area contributed by atoms with Crippen molar-refractivity contribution in [3.8, 4) is 0 Å². The zero-order chi connectivity index (χ0) is 77.4. The van der Waals surface area contributed by atoms with Crippen LogP contribution < -0.4 is 0 Å². The van der Waals surface area contributed by atoms with Gasteiger partial charge >= 0.3 is 39.5 Å². The van der Waals surface area contributed by atoms with E-state index in [0.29, 0.717) is 25.7 Å². The summed E-state index contributed by atoms with van der Waals surface area (Å²) in [6, 6.07) is 0. The smallest absolute Gasteiger partial charge is 0.462 e. The summed E-state index contributed by atoms with van der Waals surface area (Å²) in [6.07, 6.45) is 78.4. The topological polar surface area (TPSA) is 237 Å². The lowest BCUT2D eigenvalue weighted by atomic mass is 10.0. The predicted molar refractivity (Wildman–Crippen MR) is 437 cm³/mol. The van der Waals surface area contributed by atoms with Gasteiger partial charge in [0.15, 0.2) is 12.2 Å². The maximum Gasteiger partial charge on any atom is 0.472 e. The van der Waals surface area contributed by atoms with Crippen LogP contribution in [0.3, 0.4) is 0 Å². The number of unbranched alkanes of at least 4 members (excludes halogenated alkanes) is 56. The van der Waals surface area contributed by atoms with Crippen LogP contribution in [0, 0.1) is 0 Å². The molecule has 0 rings (SSSR count). The second-order valence-electron chi connectivity index (χ2n) is 30.6. The summed E-state index contributed by atoms with van der Waals surface area (Å²) < 4.78 is 68.9. The van der Waals surface area contributed by atoms with Crippen LogP contribution in [0.15, 0.2) is 24.3 Å². The highest BCUT2D eigenvalue weighted by Gasteiger charge is 2.30. The molecular weight excluding hydrogens is 1380 g/mol. The molecule has 0 aliphatic heterocycles. The molecule has 0 aliphatic carbocycles. The van der Waals surface area contributed by atoms with Crippen molar-refractivity contribution in [1.29, 1.82) is 0 Å². The molecule has 0 saturated carbocycles. The second kappa shape index (κ2) is 80.6. The van der Waals surface area contributed by atoms with Gasteiger partial charge in [-0.1, -0.05) is 392 Å². The standard InChI is InChI=1S/C87H166O17P2/c1-5-9-13-17-21-25-29-33-37-40-44-47-51-55-59-63-67-71-84(89)97-77-82(103-86(91)73-69-65-61-57-53-49-43-36-32-28-24-20-16-12-8-4)79-101-105(93,94)99-75-81(88)76-100-106(95,96)102-80-83(104-87(92)74-70-66-62-58-54-50-46-42-39-35-31-27-23-19-15-11-7-3)78-98-85(90)72-68-64-60-56-52-48-45-41-38-34-30-26-22-18-14-10-6-2/h24,28,36,43,81-83,88H,5-23,25-27,29-35,37-42,44-80H2,1-4H3,(H,93,94)(H,95,96)/b28-24-,43-36-/t81-,82+,83+/m0/s1. The van der Waals surface area contributed by atoms with E-state index in [1.165, 1.54) is 263 Å². The predicted octanol–water partition coefficient (Wildman–Crippen LogP) is 26.5. The average molecular weight is 1550 g/mol. The highest BCUT2D eigenvalue weighted by molar-refractivity contribution is 7.47. The molecule has 0 aromatic rings. The van der Waals surface area contributed by atoms with Gasteiger partial charge in [0, 0.05) is 25.7 Å². The van der Waals surface area contributed by atoms with E-state index in [2.05, 4.69) is 52.0 Å². The number of aliphatic hydroxyl groups is 1. The average Bonchev–Trinajstić information content (AvgIpc) is 0.909. The van der Waals surface area contributed by atoms with Gasteiger partial charge in [-0.05, 0) is 57.8 Å². The largest absolute Gasteiger partial charge is 0.472 e. The molecule has 0 aromatic heterocycles. The lowest BCUT2D eigenvalue weighted by Crippen LogP contribution is -2.30. The van der Waals surface area contributed by atoms with E-state index >= 15 is 0 Å². The quantitative estimate of drug-likeness (QED) is 0.0169. The van der Waals surface area contributed by atoms with E-state index in [1.54, 1.807) is 0 Å². The summed E-state index contributed by atoms with van der Waals surface area (Å²) in [6.45, 7) is 5.00. The molecule has 3 N–H and O–H groups in total. The molecule has 0 bridgehead atoms. The number of phosphoric ester groups is 2. The summed E-state index contributed by atoms with van der Waals surface area (Å²) in [7, 11) is -9.94. The summed E-state index contributed by atoms with van der Waals surface area (Å²) in [5.41, 5.74) is 0. The summed E-state index contributed by atoms with van der Waals surface area (Å²) in [5, 5.41) is 10.7. The molecule has 0 fully saturated rings. The Bertz CT molecular complexity index is 2090. The van der Waals surface area contributed by atoms with Crippen LogP contribution in [0.5, 0.6) is 0 Å². The Labute approximate surface area is 650 Å². The Kier molecular flexibility index (Phi) is 78.7. The Morgan fingerprint density at radius 3 is 0.717 bits per heavy atom. The van der Waals surface area contributed by atoms with Crippen molar-refractivity contribution in [1.82, 2.24) is 0 Å². The first-order valence-electron chi connectivity index (χ1n) is 44.6. The van der Waals surface area contributed by atoms with E-state index < -0.39 is 97.5 Å². The van der Waals surface area contributed by atoms with Gasteiger partial charge in [0.25, 0.3) is 0 Å². The molecule has 5 atom stereocenters. The number of hydrogen-bond donors (Lipinski definition) is 3. The number of carbonyl (C=O) groups is 4. The van der Waals surface area contributed by atoms with E-state index in [0.717, 1.165) is 109 Å². The Hall–Kier alpha value is -2.46. The van der Waals surface area contributed by atoms with Gasteiger partial charge in [-0.25, -0.2) is 9.13 Å². The Morgan fingerprint density at radius 2 is 0.462 bits per heavy atom.